The van der Waals surface area contributed by atoms with Crippen molar-refractivity contribution in [3.63, 3.8) is 0 Å². The molecule has 1 aliphatic rings. The molecule has 5 rings (SSSR count). The zero-order valence-corrected chi connectivity index (χ0v) is 19.6. The van der Waals surface area contributed by atoms with Crippen LogP contribution in [0.3, 0.4) is 0 Å². The number of nitrogens with one attached hydrogen (secondary N) is 2. The fraction of sp³-hybridized carbons (Fsp3) is 0.226. The number of hydrogen-bond acceptors (Lipinski definition) is 2. The van der Waals surface area contributed by atoms with Crippen LogP contribution in [0.2, 0.25) is 0 Å². The molecular weight excluding hydrogens is 400 g/mol. The molecule has 2 heteroatoms. The first-order valence-corrected chi connectivity index (χ1v) is 12.2. The third kappa shape index (κ3) is 3.60. The minimum Gasteiger partial charge on any atom is -0.385 e. The fourth-order valence-electron chi connectivity index (χ4n) is 5.24. The molecule has 0 aromatic heterocycles. The van der Waals surface area contributed by atoms with Gasteiger partial charge >= 0.3 is 0 Å². The van der Waals surface area contributed by atoms with Crippen LogP contribution in [0.25, 0.3) is 11.1 Å². The maximum absolute atomic E-state index is 3.52. The van der Waals surface area contributed by atoms with Crippen molar-refractivity contribution in [3.05, 3.63) is 119 Å². The second-order valence-corrected chi connectivity index (χ2v) is 8.85. The molecule has 4 aromatic rings. The van der Waals surface area contributed by atoms with Crippen LogP contribution in [0.15, 0.2) is 97.1 Å². The van der Waals surface area contributed by atoms with Gasteiger partial charge in [-0.2, -0.15) is 0 Å². The van der Waals surface area contributed by atoms with Crippen molar-refractivity contribution < 1.29 is 0 Å². The Hall–Kier alpha value is -3.52. The largest absolute Gasteiger partial charge is 0.385 e. The van der Waals surface area contributed by atoms with Gasteiger partial charge in [-0.1, -0.05) is 86.6 Å². The number of fused-ring (bicyclic) bond motifs is 3. The first kappa shape index (κ1) is 21.3. The van der Waals surface area contributed by atoms with Gasteiger partial charge in [-0.25, -0.2) is 0 Å². The summed E-state index contributed by atoms with van der Waals surface area (Å²) in [6.45, 7) is 6.37. The molecule has 0 saturated heterocycles. The minimum atomic E-state index is -0.334. The summed E-state index contributed by atoms with van der Waals surface area (Å²) >= 11 is 0. The SMILES string of the molecule is CCCNc1ccc(C2(c3ccc(NCCC)cc3)c3ccccc3-c3ccccc32)cc1. The average Bonchev–Trinajstić information content (AvgIpc) is 3.18. The summed E-state index contributed by atoms with van der Waals surface area (Å²) in [7, 11) is 0. The first-order valence-electron chi connectivity index (χ1n) is 12.2. The number of anilines is 2. The van der Waals surface area contributed by atoms with E-state index in [0.717, 1.165) is 25.9 Å². The van der Waals surface area contributed by atoms with Crippen molar-refractivity contribution in [3.8, 4) is 11.1 Å². The summed E-state index contributed by atoms with van der Waals surface area (Å²) in [5, 5.41) is 7.04. The molecule has 0 amide bonds. The predicted molar refractivity (Wildman–Crippen MR) is 141 cm³/mol. The Morgan fingerprint density at radius 3 is 1.30 bits per heavy atom. The number of benzene rings is 4. The summed E-state index contributed by atoms with van der Waals surface area (Å²) in [6, 6.07) is 35.9. The van der Waals surface area contributed by atoms with Gasteiger partial charge in [-0.05, 0) is 70.5 Å². The zero-order chi connectivity index (χ0) is 22.7. The maximum Gasteiger partial charge on any atom is 0.0713 e. The van der Waals surface area contributed by atoms with Gasteiger partial charge in [0.1, 0.15) is 0 Å². The van der Waals surface area contributed by atoms with Crippen molar-refractivity contribution in [2.45, 2.75) is 32.1 Å². The summed E-state index contributed by atoms with van der Waals surface area (Å²) in [6.07, 6.45) is 2.23. The first-order chi connectivity index (χ1) is 16.3. The molecule has 0 saturated carbocycles. The zero-order valence-electron chi connectivity index (χ0n) is 19.6. The van der Waals surface area contributed by atoms with Gasteiger partial charge in [0, 0.05) is 24.5 Å². The van der Waals surface area contributed by atoms with Crippen LogP contribution in [0.1, 0.15) is 48.9 Å². The lowest BCUT2D eigenvalue weighted by molar-refractivity contribution is 0.768. The molecular formula is C31H32N2. The highest BCUT2D eigenvalue weighted by atomic mass is 14.9. The van der Waals surface area contributed by atoms with Gasteiger partial charge in [0.05, 0.1) is 5.41 Å². The standard InChI is InChI=1S/C31H32N2/c1-3-21-32-25-17-13-23(14-18-25)31(24-15-19-26(20-16-24)33-22-4-2)29-11-7-5-9-27(29)28-10-6-8-12-30(28)31/h5-20,32-33H,3-4,21-22H2,1-2H3. The molecule has 4 aromatic carbocycles. The topological polar surface area (TPSA) is 24.1 Å². The molecule has 0 fully saturated rings. The van der Waals surface area contributed by atoms with E-state index in [4.69, 9.17) is 0 Å². The third-order valence-corrected chi connectivity index (χ3v) is 6.75. The van der Waals surface area contributed by atoms with Gasteiger partial charge in [0.15, 0.2) is 0 Å². The number of rotatable bonds is 8. The van der Waals surface area contributed by atoms with Gasteiger partial charge < -0.3 is 10.6 Å². The van der Waals surface area contributed by atoms with E-state index in [1.165, 1.54) is 44.8 Å². The lowest BCUT2D eigenvalue weighted by atomic mass is 9.67. The Morgan fingerprint density at radius 1 is 0.515 bits per heavy atom. The van der Waals surface area contributed by atoms with Gasteiger partial charge in [-0.15, -0.1) is 0 Å². The summed E-state index contributed by atoms with van der Waals surface area (Å²) < 4.78 is 0. The normalized spacial score (nSPS) is 13.3. The Balaban J connectivity index is 1.72. The molecule has 2 nitrogen and oxygen atoms in total. The predicted octanol–water partition coefficient (Wildman–Crippen LogP) is 7.69. The summed E-state index contributed by atoms with van der Waals surface area (Å²) in [5.41, 5.74) is 9.99. The Morgan fingerprint density at radius 2 is 0.909 bits per heavy atom. The van der Waals surface area contributed by atoms with Crippen LogP contribution in [0, 0.1) is 0 Å². The van der Waals surface area contributed by atoms with Crippen molar-refractivity contribution in [2.75, 3.05) is 23.7 Å². The van der Waals surface area contributed by atoms with Crippen LogP contribution >= 0.6 is 0 Å². The Kier molecular flexibility index (Phi) is 5.92. The van der Waals surface area contributed by atoms with Gasteiger partial charge in [-0.3, -0.25) is 0 Å². The van der Waals surface area contributed by atoms with Crippen molar-refractivity contribution in [1.82, 2.24) is 0 Å². The smallest absolute Gasteiger partial charge is 0.0713 e. The van der Waals surface area contributed by atoms with Crippen LogP contribution in [0.5, 0.6) is 0 Å². The van der Waals surface area contributed by atoms with E-state index in [-0.39, 0.29) is 5.41 Å². The molecule has 33 heavy (non-hydrogen) atoms. The van der Waals surface area contributed by atoms with Crippen LogP contribution in [0.4, 0.5) is 11.4 Å². The second-order valence-electron chi connectivity index (χ2n) is 8.85. The maximum atomic E-state index is 3.52. The van der Waals surface area contributed by atoms with E-state index in [1.807, 2.05) is 0 Å². The van der Waals surface area contributed by atoms with E-state index < -0.39 is 0 Å². The molecule has 0 unspecified atom stereocenters. The van der Waals surface area contributed by atoms with Crippen molar-refractivity contribution in [1.29, 1.82) is 0 Å². The Bertz CT molecular complexity index is 1120. The highest BCUT2D eigenvalue weighted by molar-refractivity contribution is 5.86. The van der Waals surface area contributed by atoms with E-state index in [1.54, 1.807) is 0 Å². The number of hydrogen-bond donors (Lipinski definition) is 2. The molecule has 0 aliphatic heterocycles. The van der Waals surface area contributed by atoms with E-state index >= 15 is 0 Å². The molecule has 0 spiro atoms. The van der Waals surface area contributed by atoms with Crippen LogP contribution < -0.4 is 10.6 Å². The molecule has 0 heterocycles. The van der Waals surface area contributed by atoms with E-state index in [0.29, 0.717) is 0 Å². The second kappa shape index (κ2) is 9.15. The molecule has 0 radical (unpaired) electrons. The summed E-state index contributed by atoms with van der Waals surface area (Å²) in [5.74, 6) is 0. The van der Waals surface area contributed by atoms with E-state index in [2.05, 4.69) is 122 Å². The fourth-order valence-corrected chi connectivity index (χ4v) is 5.24. The van der Waals surface area contributed by atoms with Gasteiger partial charge in [0.25, 0.3) is 0 Å². The van der Waals surface area contributed by atoms with Crippen LogP contribution in [-0.2, 0) is 5.41 Å². The van der Waals surface area contributed by atoms with Crippen molar-refractivity contribution in [2.24, 2.45) is 0 Å². The van der Waals surface area contributed by atoms with E-state index in [9.17, 15) is 0 Å². The quantitative estimate of drug-likeness (QED) is 0.262. The van der Waals surface area contributed by atoms with Gasteiger partial charge in [0.2, 0.25) is 0 Å². The molecule has 166 valence electrons. The van der Waals surface area contributed by atoms with Crippen LogP contribution in [-0.4, -0.2) is 13.1 Å². The average molecular weight is 433 g/mol. The molecule has 1 aliphatic carbocycles. The minimum absolute atomic E-state index is 0.334. The van der Waals surface area contributed by atoms with Crippen molar-refractivity contribution >= 4 is 11.4 Å². The highest BCUT2D eigenvalue weighted by Gasteiger charge is 2.45. The Labute approximate surface area is 197 Å². The lowest BCUT2D eigenvalue weighted by Gasteiger charge is -2.34. The molecule has 2 N–H and O–H groups in total. The monoisotopic (exact) mass is 432 g/mol. The summed E-state index contributed by atoms with van der Waals surface area (Å²) in [4.78, 5) is 0. The lowest BCUT2D eigenvalue weighted by Crippen LogP contribution is -2.28. The highest BCUT2D eigenvalue weighted by Crippen LogP contribution is 2.56. The third-order valence-electron chi connectivity index (χ3n) is 6.75. The molecule has 0 bridgehead atoms. The molecule has 0 atom stereocenters.